The number of aromatic nitrogens is 2. The molecule has 0 unspecified atom stereocenters. The fourth-order valence-corrected chi connectivity index (χ4v) is 2.69. The van der Waals surface area contributed by atoms with Gasteiger partial charge in [-0.25, -0.2) is 4.98 Å². The van der Waals surface area contributed by atoms with Crippen molar-refractivity contribution in [2.75, 3.05) is 11.9 Å². The predicted octanol–water partition coefficient (Wildman–Crippen LogP) is 2.64. The summed E-state index contributed by atoms with van der Waals surface area (Å²) in [5.74, 6) is 0. The number of fused-ring (bicyclic) bond motifs is 2. The topological polar surface area (TPSA) is 70.1 Å². The Morgan fingerprint density at radius 1 is 1.14 bits per heavy atom. The Morgan fingerprint density at radius 3 is 3.05 bits per heavy atom. The van der Waals surface area contributed by atoms with Crippen LogP contribution in [0.5, 0.6) is 0 Å². The van der Waals surface area contributed by atoms with Crippen molar-refractivity contribution in [1.29, 1.82) is 0 Å². The SMILES string of the molecule is O=c1ccc2c(Nc3ccc4c(c3)C=NCC4)ccnc2[nH]1. The Hall–Kier alpha value is -2.95. The summed E-state index contributed by atoms with van der Waals surface area (Å²) < 4.78 is 0. The first kappa shape index (κ1) is 12.8. The molecule has 1 aromatic carbocycles. The number of aromatic amines is 1. The van der Waals surface area contributed by atoms with E-state index in [4.69, 9.17) is 0 Å². The number of anilines is 2. The number of nitrogens with one attached hydrogen (secondary N) is 2. The lowest BCUT2D eigenvalue weighted by atomic mass is 10.0. The molecule has 2 N–H and O–H groups in total. The predicted molar refractivity (Wildman–Crippen MR) is 88.3 cm³/mol. The first-order valence-corrected chi connectivity index (χ1v) is 7.17. The molecule has 0 saturated heterocycles. The second kappa shape index (κ2) is 5.11. The molecule has 1 aliphatic rings. The largest absolute Gasteiger partial charge is 0.355 e. The Balaban J connectivity index is 1.75. The van der Waals surface area contributed by atoms with Crippen LogP contribution in [0.25, 0.3) is 11.0 Å². The molecule has 0 atom stereocenters. The molecule has 0 bridgehead atoms. The van der Waals surface area contributed by atoms with E-state index < -0.39 is 0 Å². The zero-order valence-electron chi connectivity index (χ0n) is 11.8. The smallest absolute Gasteiger partial charge is 0.249 e. The van der Waals surface area contributed by atoms with Gasteiger partial charge in [0.2, 0.25) is 5.56 Å². The van der Waals surface area contributed by atoms with Crippen LogP contribution in [-0.2, 0) is 6.42 Å². The molecule has 5 heteroatoms. The van der Waals surface area contributed by atoms with Gasteiger partial charge in [-0.2, -0.15) is 0 Å². The van der Waals surface area contributed by atoms with Crippen LogP contribution in [-0.4, -0.2) is 22.7 Å². The van der Waals surface area contributed by atoms with Crippen molar-refractivity contribution in [3.8, 4) is 0 Å². The van der Waals surface area contributed by atoms with Gasteiger partial charge in [0.05, 0.1) is 5.69 Å². The quantitative estimate of drug-likeness (QED) is 0.762. The summed E-state index contributed by atoms with van der Waals surface area (Å²) in [6, 6.07) is 11.5. The molecule has 0 radical (unpaired) electrons. The van der Waals surface area contributed by atoms with Gasteiger partial charge in [0.15, 0.2) is 0 Å². The van der Waals surface area contributed by atoms with Crippen LogP contribution < -0.4 is 10.9 Å². The summed E-state index contributed by atoms with van der Waals surface area (Å²) in [4.78, 5) is 22.6. The van der Waals surface area contributed by atoms with Crippen LogP contribution in [0.1, 0.15) is 11.1 Å². The molecule has 0 saturated carbocycles. The average molecular weight is 290 g/mol. The number of rotatable bonds is 2. The fourth-order valence-electron chi connectivity index (χ4n) is 2.69. The third kappa shape index (κ3) is 2.26. The van der Waals surface area contributed by atoms with Gasteiger partial charge in [-0.1, -0.05) is 6.07 Å². The van der Waals surface area contributed by atoms with E-state index in [0.29, 0.717) is 5.65 Å². The molecular weight excluding hydrogens is 276 g/mol. The molecule has 3 aromatic rings. The summed E-state index contributed by atoms with van der Waals surface area (Å²) in [7, 11) is 0. The van der Waals surface area contributed by atoms with Crippen LogP contribution in [0.15, 0.2) is 52.4 Å². The highest BCUT2D eigenvalue weighted by molar-refractivity contribution is 5.91. The van der Waals surface area contributed by atoms with Crippen LogP contribution in [0.4, 0.5) is 11.4 Å². The Morgan fingerprint density at radius 2 is 2.09 bits per heavy atom. The van der Waals surface area contributed by atoms with Crippen LogP contribution in [0.3, 0.4) is 0 Å². The summed E-state index contributed by atoms with van der Waals surface area (Å²) in [6.07, 6.45) is 4.60. The van der Waals surface area contributed by atoms with E-state index in [9.17, 15) is 4.79 Å². The van der Waals surface area contributed by atoms with Gasteiger partial charge in [-0.05, 0) is 41.8 Å². The lowest BCUT2D eigenvalue weighted by molar-refractivity contribution is 0.953. The number of H-pyrrole nitrogens is 1. The van der Waals surface area contributed by atoms with E-state index in [0.717, 1.165) is 35.3 Å². The maximum atomic E-state index is 11.4. The number of nitrogens with zero attached hydrogens (tertiary/aromatic N) is 2. The third-order valence-electron chi connectivity index (χ3n) is 3.80. The summed E-state index contributed by atoms with van der Waals surface area (Å²) >= 11 is 0. The first-order valence-electron chi connectivity index (χ1n) is 7.17. The number of pyridine rings is 2. The van der Waals surface area contributed by atoms with Crippen molar-refractivity contribution in [3.63, 3.8) is 0 Å². The number of hydrogen-bond donors (Lipinski definition) is 2. The minimum atomic E-state index is -0.151. The summed E-state index contributed by atoms with van der Waals surface area (Å²) in [6.45, 7) is 0.863. The molecule has 5 nitrogen and oxygen atoms in total. The van der Waals surface area contributed by atoms with E-state index >= 15 is 0 Å². The molecule has 0 aliphatic carbocycles. The maximum absolute atomic E-state index is 11.4. The van der Waals surface area contributed by atoms with Crippen molar-refractivity contribution in [2.24, 2.45) is 4.99 Å². The van der Waals surface area contributed by atoms with Gasteiger partial charge in [-0.3, -0.25) is 9.79 Å². The molecule has 2 aromatic heterocycles. The highest BCUT2D eigenvalue weighted by Crippen LogP contribution is 2.25. The zero-order chi connectivity index (χ0) is 14.9. The number of hydrogen-bond acceptors (Lipinski definition) is 4. The molecule has 1 aliphatic heterocycles. The van der Waals surface area contributed by atoms with Crippen molar-refractivity contribution in [2.45, 2.75) is 6.42 Å². The minimum absolute atomic E-state index is 0.151. The fraction of sp³-hybridized carbons (Fsp3) is 0.118. The van der Waals surface area contributed by atoms with Crippen LogP contribution in [0, 0.1) is 0 Å². The van der Waals surface area contributed by atoms with Gasteiger partial charge >= 0.3 is 0 Å². The molecule has 22 heavy (non-hydrogen) atoms. The van der Waals surface area contributed by atoms with Crippen molar-refractivity contribution >= 4 is 28.6 Å². The lowest BCUT2D eigenvalue weighted by Gasteiger charge is -2.13. The van der Waals surface area contributed by atoms with E-state index in [1.54, 1.807) is 12.3 Å². The van der Waals surface area contributed by atoms with Crippen molar-refractivity contribution in [3.05, 3.63) is 64.1 Å². The Kier molecular flexibility index (Phi) is 2.96. The highest BCUT2D eigenvalue weighted by Gasteiger charge is 2.07. The molecule has 108 valence electrons. The molecule has 3 heterocycles. The molecule has 0 spiro atoms. The van der Waals surface area contributed by atoms with Gasteiger partial charge in [0.1, 0.15) is 5.65 Å². The Labute approximate surface area is 126 Å². The average Bonchev–Trinajstić information content (AvgIpc) is 2.55. The normalized spacial score (nSPS) is 13.1. The second-order valence-electron chi connectivity index (χ2n) is 5.27. The van der Waals surface area contributed by atoms with E-state index in [2.05, 4.69) is 38.5 Å². The van der Waals surface area contributed by atoms with E-state index in [1.807, 2.05) is 12.3 Å². The molecule has 0 amide bonds. The molecular formula is C17H14N4O. The van der Waals surface area contributed by atoms with Gasteiger partial charge in [0, 0.05) is 36.1 Å². The van der Waals surface area contributed by atoms with Crippen molar-refractivity contribution < 1.29 is 0 Å². The van der Waals surface area contributed by atoms with Gasteiger partial charge in [-0.15, -0.1) is 0 Å². The monoisotopic (exact) mass is 290 g/mol. The van der Waals surface area contributed by atoms with Crippen LogP contribution >= 0.6 is 0 Å². The van der Waals surface area contributed by atoms with Gasteiger partial charge in [0.25, 0.3) is 0 Å². The van der Waals surface area contributed by atoms with E-state index in [1.165, 1.54) is 11.6 Å². The first-order chi connectivity index (χ1) is 10.8. The summed E-state index contributed by atoms with van der Waals surface area (Å²) in [5.41, 5.74) is 4.81. The summed E-state index contributed by atoms with van der Waals surface area (Å²) in [5, 5.41) is 4.28. The zero-order valence-corrected chi connectivity index (χ0v) is 11.8. The van der Waals surface area contributed by atoms with Crippen molar-refractivity contribution in [1.82, 2.24) is 9.97 Å². The van der Waals surface area contributed by atoms with Gasteiger partial charge < -0.3 is 10.3 Å². The maximum Gasteiger partial charge on any atom is 0.249 e. The Bertz CT molecular complexity index is 943. The molecule has 4 rings (SSSR count). The lowest BCUT2D eigenvalue weighted by Crippen LogP contribution is -2.05. The standard InChI is InChI=1S/C17H14N4O/c22-16-4-3-14-15(6-8-19-17(14)21-16)20-13-2-1-11-5-7-18-10-12(11)9-13/h1-4,6,8-10H,5,7H2,(H2,19,20,21,22). The number of aliphatic imine (C=N–C) groups is 1. The third-order valence-corrected chi connectivity index (χ3v) is 3.80. The highest BCUT2D eigenvalue weighted by atomic mass is 16.1. The molecule has 0 fully saturated rings. The second-order valence-corrected chi connectivity index (χ2v) is 5.27. The van der Waals surface area contributed by atoms with Crippen LogP contribution in [0.2, 0.25) is 0 Å². The number of benzene rings is 1. The minimum Gasteiger partial charge on any atom is -0.355 e. The van der Waals surface area contributed by atoms with E-state index in [-0.39, 0.29) is 5.56 Å².